The Labute approximate surface area is 124 Å². The summed E-state index contributed by atoms with van der Waals surface area (Å²) < 4.78 is 15.1. The third kappa shape index (κ3) is 3.62. The van der Waals surface area contributed by atoms with Crippen molar-refractivity contribution in [1.29, 1.82) is 0 Å². The summed E-state index contributed by atoms with van der Waals surface area (Å²) in [4.78, 5) is 0. The van der Waals surface area contributed by atoms with Crippen LogP contribution >= 0.6 is 11.6 Å². The molecule has 0 aliphatic heterocycles. The Hall–Kier alpha value is -1.32. The molecule has 0 bridgehead atoms. The SMILES string of the molecule is CCNC(CC)c1ccn(Cc2ccc(F)cc2Cl)c1. The molecule has 1 atom stereocenters. The van der Waals surface area contributed by atoms with E-state index in [0.29, 0.717) is 17.6 Å². The fourth-order valence-electron chi connectivity index (χ4n) is 2.35. The number of hydrogen-bond acceptors (Lipinski definition) is 1. The van der Waals surface area contributed by atoms with Gasteiger partial charge in [-0.05, 0) is 42.3 Å². The number of hydrogen-bond donors (Lipinski definition) is 1. The molecule has 1 N–H and O–H groups in total. The van der Waals surface area contributed by atoms with Crippen molar-refractivity contribution in [3.05, 3.63) is 58.6 Å². The molecular weight excluding hydrogens is 275 g/mol. The van der Waals surface area contributed by atoms with Gasteiger partial charge in [0.15, 0.2) is 0 Å². The Morgan fingerprint density at radius 2 is 2.10 bits per heavy atom. The molecule has 2 nitrogen and oxygen atoms in total. The van der Waals surface area contributed by atoms with Gasteiger partial charge in [0.1, 0.15) is 5.82 Å². The number of benzene rings is 1. The van der Waals surface area contributed by atoms with E-state index in [0.717, 1.165) is 18.5 Å². The average Bonchev–Trinajstić information content (AvgIpc) is 2.87. The maximum absolute atomic E-state index is 13.0. The Balaban J connectivity index is 2.12. The molecule has 0 saturated heterocycles. The van der Waals surface area contributed by atoms with Crippen LogP contribution in [-0.4, -0.2) is 11.1 Å². The Bertz CT molecular complexity index is 565. The van der Waals surface area contributed by atoms with Gasteiger partial charge in [0.05, 0.1) is 0 Å². The molecule has 0 fully saturated rings. The molecule has 0 saturated carbocycles. The molecule has 108 valence electrons. The molecule has 20 heavy (non-hydrogen) atoms. The van der Waals surface area contributed by atoms with E-state index in [1.54, 1.807) is 6.07 Å². The van der Waals surface area contributed by atoms with E-state index in [-0.39, 0.29) is 5.82 Å². The van der Waals surface area contributed by atoms with Gasteiger partial charge < -0.3 is 9.88 Å². The molecule has 1 aromatic carbocycles. The largest absolute Gasteiger partial charge is 0.350 e. The van der Waals surface area contributed by atoms with Crippen molar-refractivity contribution in [2.24, 2.45) is 0 Å². The van der Waals surface area contributed by atoms with Crippen LogP contribution in [0.5, 0.6) is 0 Å². The fourth-order valence-corrected chi connectivity index (χ4v) is 2.58. The van der Waals surface area contributed by atoms with Crippen LogP contribution in [0.2, 0.25) is 5.02 Å². The van der Waals surface area contributed by atoms with Crippen LogP contribution in [0.15, 0.2) is 36.7 Å². The molecule has 1 unspecified atom stereocenters. The van der Waals surface area contributed by atoms with Crippen LogP contribution in [0.4, 0.5) is 4.39 Å². The zero-order valence-electron chi connectivity index (χ0n) is 11.9. The summed E-state index contributed by atoms with van der Waals surface area (Å²) in [5, 5.41) is 3.93. The standard InChI is InChI=1S/C16H20ClFN2/c1-3-16(19-4-2)13-7-8-20(11-13)10-12-5-6-14(18)9-15(12)17/h5-9,11,16,19H,3-4,10H2,1-2H3. The van der Waals surface area contributed by atoms with Crippen LogP contribution in [0.25, 0.3) is 0 Å². The minimum Gasteiger partial charge on any atom is -0.350 e. The lowest BCUT2D eigenvalue weighted by molar-refractivity contribution is 0.536. The first-order chi connectivity index (χ1) is 9.63. The Morgan fingerprint density at radius 1 is 1.30 bits per heavy atom. The monoisotopic (exact) mass is 294 g/mol. The molecule has 0 radical (unpaired) electrons. The average molecular weight is 295 g/mol. The topological polar surface area (TPSA) is 17.0 Å². The second-order valence-corrected chi connectivity index (χ2v) is 5.28. The number of rotatable bonds is 6. The minimum atomic E-state index is -0.301. The normalized spacial score (nSPS) is 12.6. The van der Waals surface area contributed by atoms with E-state index >= 15 is 0 Å². The number of halogens is 2. The highest BCUT2D eigenvalue weighted by Crippen LogP contribution is 2.21. The Kier molecular flexibility index (Phi) is 5.21. The molecule has 0 spiro atoms. The first-order valence-corrected chi connectivity index (χ1v) is 7.34. The Morgan fingerprint density at radius 3 is 2.75 bits per heavy atom. The van der Waals surface area contributed by atoms with Gasteiger partial charge in [0.25, 0.3) is 0 Å². The third-order valence-corrected chi connectivity index (χ3v) is 3.75. The smallest absolute Gasteiger partial charge is 0.124 e. The zero-order valence-corrected chi connectivity index (χ0v) is 12.6. The maximum atomic E-state index is 13.0. The van der Waals surface area contributed by atoms with E-state index in [2.05, 4.69) is 36.0 Å². The quantitative estimate of drug-likeness (QED) is 0.836. The van der Waals surface area contributed by atoms with Crippen molar-refractivity contribution in [3.8, 4) is 0 Å². The van der Waals surface area contributed by atoms with Gasteiger partial charge in [0.2, 0.25) is 0 Å². The first kappa shape index (κ1) is 15.1. The molecule has 0 aliphatic rings. The molecule has 2 aromatic rings. The molecule has 2 rings (SSSR count). The van der Waals surface area contributed by atoms with Crippen LogP contribution in [0.1, 0.15) is 37.4 Å². The molecule has 0 aliphatic carbocycles. The fraction of sp³-hybridized carbons (Fsp3) is 0.375. The third-order valence-electron chi connectivity index (χ3n) is 3.40. The lowest BCUT2D eigenvalue weighted by Crippen LogP contribution is -2.19. The van der Waals surface area contributed by atoms with Gasteiger partial charge in [-0.3, -0.25) is 0 Å². The summed E-state index contributed by atoms with van der Waals surface area (Å²) in [6, 6.07) is 7.03. The summed E-state index contributed by atoms with van der Waals surface area (Å²) in [6.45, 7) is 5.88. The van der Waals surface area contributed by atoms with Crippen molar-refractivity contribution < 1.29 is 4.39 Å². The summed E-state index contributed by atoms with van der Waals surface area (Å²) in [7, 11) is 0. The van der Waals surface area contributed by atoms with E-state index in [1.165, 1.54) is 17.7 Å². The summed E-state index contributed by atoms with van der Waals surface area (Å²) in [5.41, 5.74) is 2.19. The maximum Gasteiger partial charge on any atom is 0.124 e. The summed E-state index contributed by atoms with van der Waals surface area (Å²) >= 11 is 6.06. The highest BCUT2D eigenvalue weighted by atomic mass is 35.5. The molecule has 0 amide bonds. The van der Waals surface area contributed by atoms with E-state index in [4.69, 9.17) is 11.6 Å². The van der Waals surface area contributed by atoms with Gasteiger partial charge >= 0.3 is 0 Å². The summed E-state index contributed by atoms with van der Waals surface area (Å²) in [6.07, 6.45) is 5.21. The summed E-state index contributed by atoms with van der Waals surface area (Å²) in [5.74, 6) is -0.301. The molecule has 4 heteroatoms. The lowest BCUT2D eigenvalue weighted by Gasteiger charge is -2.14. The van der Waals surface area contributed by atoms with Gasteiger partial charge in [-0.2, -0.15) is 0 Å². The van der Waals surface area contributed by atoms with E-state index in [9.17, 15) is 4.39 Å². The van der Waals surface area contributed by atoms with Crippen molar-refractivity contribution in [2.45, 2.75) is 32.9 Å². The van der Waals surface area contributed by atoms with Crippen LogP contribution in [0, 0.1) is 5.82 Å². The van der Waals surface area contributed by atoms with Gasteiger partial charge in [-0.25, -0.2) is 4.39 Å². The van der Waals surface area contributed by atoms with Crippen LogP contribution in [-0.2, 0) is 6.54 Å². The minimum absolute atomic E-state index is 0.301. The molecular formula is C16H20ClFN2. The van der Waals surface area contributed by atoms with Crippen molar-refractivity contribution in [2.75, 3.05) is 6.54 Å². The number of nitrogens with one attached hydrogen (secondary N) is 1. The van der Waals surface area contributed by atoms with Crippen molar-refractivity contribution in [3.63, 3.8) is 0 Å². The van der Waals surface area contributed by atoms with Gasteiger partial charge in [-0.1, -0.05) is 31.5 Å². The van der Waals surface area contributed by atoms with Crippen LogP contribution in [0.3, 0.4) is 0 Å². The number of nitrogens with zero attached hydrogens (tertiary/aromatic N) is 1. The van der Waals surface area contributed by atoms with Crippen molar-refractivity contribution in [1.82, 2.24) is 9.88 Å². The predicted octanol–water partition coefficient (Wildman–Crippen LogP) is 4.39. The first-order valence-electron chi connectivity index (χ1n) is 6.97. The van der Waals surface area contributed by atoms with Crippen LogP contribution < -0.4 is 5.32 Å². The van der Waals surface area contributed by atoms with Gasteiger partial charge in [0, 0.05) is 30.0 Å². The highest BCUT2D eigenvalue weighted by molar-refractivity contribution is 6.31. The van der Waals surface area contributed by atoms with E-state index < -0.39 is 0 Å². The lowest BCUT2D eigenvalue weighted by atomic mass is 10.1. The second kappa shape index (κ2) is 6.91. The second-order valence-electron chi connectivity index (χ2n) is 4.87. The van der Waals surface area contributed by atoms with Gasteiger partial charge in [-0.15, -0.1) is 0 Å². The highest BCUT2D eigenvalue weighted by Gasteiger charge is 2.10. The zero-order chi connectivity index (χ0) is 14.5. The molecule has 1 aromatic heterocycles. The number of aromatic nitrogens is 1. The predicted molar refractivity (Wildman–Crippen MR) is 81.7 cm³/mol. The van der Waals surface area contributed by atoms with E-state index in [1.807, 2.05) is 6.20 Å². The molecule has 1 heterocycles. The van der Waals surface area contributed by atoms with Crippen molar-refractivity contribution >= 4 is 11.6 Å².